The maximum atomic E-state index is 11.5. The molecule has 0 spiro atoms. The number of quaternary nitrogens is 1. The molecule has 14 heavy (non-hydrogen) atoms. The van der Waals surface area contributed by atoms with Gasteiger partial charge in [0.25, 0.3) is 0 Å². The second-order valence-electron chi connectivity index (χ2n) is 3.15. The Kier molecular flexibility index (Phi) is 6.62. The summed E-state index contributed by atoms with van der Waals surface area (Å²) in [5.41, 5.74) is 0.786. The molecule has 0 aliphatic carbocycles. The van der Waals surface area contributed by atoms with Gasteiger partial charge in [0.05, 0.1) is 14.1 Å². The smallest absolute Gasteiger partial charge is 0.224 e. The van der Waals surface area contributed by atoms with E-state index in [-0.39, 0.29) is 17.5 Å². The third-order valence-electron chi connectivity index (χ3n) is 1.50. The summed E-state index contributed by atoms with van der Waals surface area (Å²) in [5, 5.41) is 0.154. The highest BCUT2D eigenvalue weighted by Crippen LogP contribution is 2.09. The Morgan fingerprint density at radius 1 is 1.29 bits per heavy atom. The Labute approximate surface area is 95.1 Å². The lowest BCUT2D eigenvalue weighted by Gasteiger charge is -2.04. The van der Waals surface area contributed by atoms with Crippen LogP contribution in [-0.2, 0) is 0 Å². The maximum Gasteiger partial charge on any atom is 0.224 e. The summed E-state index contributed by atoms with van der Waals surface area (Å²) in [6.07, 6.45) is 0. The van der Waals surface area contributed by atoms with Gasteiger partial charge in [-0.15, -0.1) is 0 Å². The molecule has 0 aliphatic heterocycles. The number of rotatable bonds is 3. The highest BCUT2D eigenvalue weighted by molar-refractivity contribution is 8.13. The van der Waals surface area contributed by atoms with Crippen molar-refractivity contribution in [1.29, 1.82) is 0 Å². The molecule has 0 saturated carbocycles. The van der Waals surface area contributed by atoms with Gasteiger partial charge in [-0.25, -0.2) is 0 Å². The van der Waals surface area contributed by atoms with Crippen molar-refractivity contribution in [2.24, 2.45) is 0 Å². The number of hydrogen-bond donors (Lipinski definition) is 1. The lowest BCUT2D eigenvalue weighted by molar-refractivity contribution is -0.843. The first-order chi connectivity index (χ1) is 6.20. The summed E-state index contributed by atoms with van der Waals surface area (Å²) in [5.74, 6) is 0.813. The van der Waals surface area contributed by atoms with Crippen LogP contribution in [0.5, 0.6) is 0 Å². The van der Waals surface area contributed by atoms with E-state index in [9.17, 15) is 4.79 Å². The highest BCUT2D eigenvalue weighted by atomic mass is 35.5. The topological polar surface area (TPSA) is 21.5 Å². The predicted molar refractivity (Wildman–Crippen MR) is 56.0 cm³/mol. The molecule has 0 atom stereocenters. The lowest BCUT2D eigenvalue weighted by atomic mass is 10.2. The van der Waals surface area contributed by atoms with Crippen molar-refractivity contribution in [1.82, 2.24) is 0 Å². The molecule has 0 bridgehead atoms. The van der Waals surface area contributed by atoms with Gasteiger partial charge < -0.3 is 17.3 Å². The molecule has 4 heteroatoms. The van der Waals surface area contributed by atoms with Crippen molar-refractivity contribution in [2.45, 2.75) is 0 Å². The number of hydrogen-bond acceptors (Lipinski definition) is 2. The first-order valence-corrected chi connectivity index (χ1v) is 5.20. The minimum atomic E-state index is 0. The molecule has 0 aliphatic rings. The summed E-state index contributed by atoms with van der Waals surface area (Å²) in [6.45, 7) is 0. The van der Waals surface area contributed by atoms with Crippen molar-refractivity contribution < 1.29 is 22.1 Å². The molecule has 0 aromatic heterocycles. The Balaban J connectivity index is 0.00000169. The van der Waals surface area contributed by atoms with Crippen molar-refractivity contribution in [3.8, 4) is 0 Å². The molecule has 0 amide bonds. The van der Waals surface area contributed by atoms with E-state index in [1.54, 1.807) is 0 Å². The van der Waals surface area contributed by atoms with E-state index in [1.165, 1.54) is 16.7 Å². The Hall–Kier alpha value is -0.510. The van der Waals surface area contributed by atoms with Gasteiger partial charge in [-0.05, 0) is 11.8 Å². The van der Waals surface area contributed by atoms with Crippen molar-refractivity contribution >= 4 is 16.9 Å². The number of carbonyl (C=O) groups is 1. The third-order valence-corrected chi connectivity index (χ3v) is 2.72. The maximum absolute atomic E-state index is 11.5. The summed E-state index contributed by atoms with van der Waals surface area (Å²) in [6, 6.07) is 9.38. The molecular weight excluding hydrogens is 218 g/mol. The monoisotopic (exact) mass is 231 g/mol. The van der Waals surface area contributed by atoms with Gasteiger partial charge >= 0.3 is 0 Å². The van der Waals surface area contributed by atoms with Crippen molar-refractivity contribution in [3.63, 3.8) is 0 Å². The molecule has 2 nitrogen and oxygen atoms in total. The van der Waals surface area contributed by atoms with E-state index in [0.29, 0.717) is 0 Å². The third kappa shape index (κ3) is 4.65. The van der Waals surface area contributed by atoms with Crippen LogP contribution in [0.2, 0.25) is 0 Å². The van der Waals surface area contributed by atoms with Crippen LogP contribution in [0, 0.1) is 0 Å². The van der Waals surface area contributed by atoms with Crippen molar-refractivity contribution in [3.05, 3.63) is 35.9 Å². The summed E-state index contributed by atoms with van der Waals surface area (Å²) in [7, 11) is 4.07. The molecule has 1 rings (SSSR count). The van der Waals surface area contributed by atoms with Crippen LogP contribution in [-0.4, -0.2) is 25.1 Å². The van der Waals surface area contributed by atoms with Crippen LogP contribution in [0.4, 0.5) is 0 Å². The molecule has 78 valence electrons. The van der Waals surface area contributed by atoms with Crippen LogP contribution in [0.25, 0.3) is 0 Å². The molecule has 0 radical (unpaired) electrons. The predicted octanol–water partition coefficient (Wildman–Crippen LogP) is -2.33. The lowest BCUT2D eigenvalue weighted by Crippen LogP contribution is -3.05. The number of benzene rings is 1. The van der Waals surface area contributed by atoms with E-state index < -0.39 is 0 Å². The van der Waals surface area contributed by atoms with Crippen LogP contribution in [0.15, 0.2) is 30.3 Å². The number of carbonyl (C=O) groups excluding carboxylic acids is 1. The summed E-state index contributed by atoms with van der Waals surface area (Å²) in [4.78, 5) is 12.8. The highest BCUT2D eigenvalue weighted by Gasteiger charge is 2.06. The zero-order valence-corrected chi connectivity index (χ0v) is 9.86. The van der Waals surface area contributed by atoms with E-state index >= 15 is 0 Å². The second-order valence-corrected chi connectivity index (χ2v) is 4.10. The van der Waals surface area contributed by atoms with Gasteiger partial charge in [-0.2, -0.15) is 0 Å². The van der Waals surface area contributed by atoms with Gasteiger partial charge in [-0.1, -0.05) is 30.3 Å². The van der Waals surface area contributed by atoms with Crippen molar-refractivity contribution in [2.75, 3.05) is 20.0 Å². The van der Waals surface area contributed by atoms with E-state index in [2.05, 4.69) is 0 Å². The normalized spacial score (nSPS) is 9.64. The quantitative estimate of drug-likeness (QED) is 0.590. The first kappa shape index (κ1) is 13.5. The van der Waals surface area contributed by atoms with Gasteiger partial charge in [0.2, 0.25) is 5.12 Å². The first-order valence-electron chi connectivity index (χ1n) is 4.21. The molecule has 0 unspecified atom stereocenters. The van der Waals surface area contributed by atoms with Gasteiger partial charge in [-0.3, -0.25) is 4.79 Å². The van der Waals surface area contributed by atoms with E-state index in [4.69, 9.17) is 0 Å². The number of thioether (sulfide) groups is 1. The molecule has 0 fully saturated rings. The van der Waals surface area contributed by atoms with Gasteiger partial charge in [0.15, 0.2) is 0 Å². The Morgan fingerprint density at radius 3 is 2.36 bits per heavy atom. The van der Waals surface area contributed by atoms with Crippen LogP contribution < -0.4 is 17.3 Å². The van der Waals surface area contributed by atoms with Crippen LogP contribution in [0.1, 0.15) is 10.4 Å². The number of nitrogens with one attached hydrogen (secondary N) is 1. The van der Waals surface area contributed by atoms with Crippen LogP contribution in [0.3, 0.4) is 0 Å². The van der Waals surface area contributed by atoms with E-state index in [1.807, 2.05) is 44.4 Å². The molecule has 0 heterocycles. The zero-order valence-electron chi connectivity index (χ0n) is 8.29. The summed E-state index contributed by atoms with van der Waals surface area (Å²) < 4.78 is 0. The van der Waals surface area contributed by atoms with Crippen LogP contribution >= 0.6 is 11.8 Å². The largest absolute Gasteiger partial charge is 1.00 e. The molecule has 1 aromatic carbocycles. The average molecular weight is 232 g/mol. The fourth-order valence-electron chi connectivity index (χ4n) is 0.867. The molecule has 0 saturated heterocycles. The number of halogens is 1. The summed E-state index contributed by atoms with van der Waals surface area (Å²) >= 11 is 1.36. The minimum Gasteiger partial charge on any atom is -1.00 e. The average Bonchev–Trinajstić information content (AvgIpc) is 2.15. The zero-order chi connectivity index (χ0) is 9.68. The Morgan fingerprint density at radius 2 is 1.86 bits per heavy atom. The molecular formula is C10H14ClNOS. The fraction of sp³-hybridized carbons (Fsp3) is 0.300. The fourth-order valence-corrected chi connectivity index (χ4v) is 1.59. The standard InChI is InChI=1S/C10H13NOS.ClH/c1-11(2)8-13-10(12)9-6-4-3-5-7-9;/h3-7H,8H2,1-2H3;1H. The van der Waals surface area contributed by atoms with Gasteiger partial charge in [0.1, 0.15) is 5.88 Å². The molecule has 1 N–H and O–H groups in total. The van der Waals surface area contributed by atoms with E-state index in [0.717, 1.165) is 11.4 Å². The second kappa shape index (κ2) is 6.87. The minimum absolute atomic E-state index is 0. The molecule has 1 aromatic rings. The van der Waals surface area contributed by atoms with Gasteiger partial charge in [0, 0.05) is 5.56 Å². The SMILES string of the molecule is C[NH+](C)CSC(=O)c1ccccc1.[Cl-]. The Bertz CT molecular complexity index is 277.